The number of nitrogens with zero attached hydrogens (tertiary/aromatic N) is 3. The van der Waals surface area contributed by atoms with Gasteiger partial charge >= 0.3 is 5.97 Å². The number of benzene rings is 1. The zero-order valence-corrected chi connectivity index (χ0v) is 15.8. The molecule has 2 heterocycles. The van der Waals surface area contributed by atoms with Crippen molar-refractivity contribution in [2.75, 3.05) is 26.3 Å². The summed E-state index contributed by atoms with van der Waals surface area (Å²) in [5.74, 6) is 0.246. The van der Waals surface area contributed by atoms with Crippen molar-refractivity contribution in [2.45, 2.75) is 26.7 Å². The van der Waals surface area contributed by atoms with Crippen molar-refractivity contribution >= 4 is 11.9 Å². The topological polar surface area (TPSA) is 73.7 Å². The first-order chi connectivity index (χ1) is 13.1. The summed E-state index contributed by atoms with van der Waals surface area (Å²) in [4.78, 5) is 26.4. The van der Waals surface area contributed by atoms with Crippen molar-refractivity contribution in [3.8, 4) is 11.4 Å². The minimum atomic E-state index is -0.568. The van der Waals surface area contributed by atoms with Crippen LogP contribution in [-0.4, -0.2) is 52.9 Å². The molecule has 0 bridgehead atoms. The van der Waals surface area contributed by atoms with Crippen LogP contribution in [0.1, 0.15) is 37.2 Å². The third kappa shape index (κ3) is 4.67. The largest absolute Gasteiger partial charge is 0.480 e. The van der Waals surface area contributed by atoms with Gasteiger partial charge in [-0.3, -0.25) is 4.79 Å². The number of aromatic nitrogens is 2. The molecule has 0 N–H and O–H groups in total. The summed E-state index contributed by atoms with van der Waals surface area (Å²) in [6.45, 7) is 5.53. The number of ether oxygens (including phenoxy) is 2. The highest BCUT2D eigenvalue weighted by atomic mass is 16.5. The summed E-state index contributed by atoms with van der Waals surface area (Å²) >= 11 is 0. The summed E-state index contributed by atoms with van der Waals surface area (Å²) in [6, 6.07) is 9.39. The van der Waals surface area contributed by atoms with Crippen LogP contribution >= 0.6 is 0 Å². The molecule has 1 aromatic carbocycles. The maximum atomic E-state index is 12.4. The van der Waals surface area contributed by atoms with Crippen molar-refractivity contribution in [1.29, 1.82) is 0 Å². The first-order valence-electron chi connectivity index (χ1n) is 9.31. The van der Waals surface area contributed by atoms with E-state index in [1.807, 2.05) is 35.2 Å². The number of esters is 1. The van der Waals surface area contributed by atoms with E-state index >= 15 is 0 Å². The van der Waals surface area contributed by atoms with Crippen molar-refractivity contribution < 1.29 is 19.1 Å². The van der Waals surface area contributed by atoms with E-state index in [-0.39, 0.29) is 30.6 Å². The zero-order valence-electron chi connectivity index (χ0n) is 15.8. The molecule has 1 aliphatic heterocycles. The van der Waals surface area contributed by atoms with Gasteiger partial charge in [0.15, 0.2) is 12.4 Å². The molecular weight excluding hydrogens is 346 g/mol. The van der Waals surface area contributed by atoms with Crippen LogP contribution < -0.4 is 4.74 Å². The van der Waals surface area contributed by atoms with Crippen LogP contribution in [0.15, 0.2) is 36.5 Å². The van der Waals surface area contributed by atoms with Crippen LogP contribution in [0.5, 0.6) is 5.75 Å². The first-order valence-corrected chi connectivity index (χ1v) is 9.31. The normalized spacial score (nSPS) is 14.8. The van der Waals surface area contributed by atoms with E-state index in [2.05, 4.69) is 12.0 Å². The van der Waals surface area contributed by atoms with Crippen LogP contribution in [0.4, 0.5) is 0 Å². The van der Waals surface area contributed by atoms with Crippen LogP contribution in [0.3, 0.4) is 0 Å². The minimum absolute atomic E-state index is 0.0702. The molecule has 7 heteroatoms. The molecule has 1 aromatic heterocycles. The molecule has 1 aliphatic rings. The average molecular weight is 371 g/mol. The Bertz CT molecular complexity index is 780. The van der Waals surface area contributed by atoms with E-state index in [1.165, 1.54) is 0 Å². The molecule has 0 spiro atoms. The lowest BCUT2D eigenvalue weighted by atomic mass is 9.99. The van der Waals surface area contributed by atoms with Gasteiger partial charge in [0, 0.05) is 13.1 Å². The van der Waals surface area contributed by atoms with Crippen LogP contribution in [0.25, 0.3) is 5.69 Å². The third-order valence-corrected chi connectivity index (χ3v) is 4.66. The highest BCUT2D eigenvalue weighted by Gasteiger charge is 2.24. The van der Waals surface area contributed by atoms with E-state index in [1.54, 1.807) is 17.8 Å². The lowest BCUT2D eigenvalue weighted by molar-refractivity contribution is -0.134. The Kier molecular flexibility index (Phi) is 6.11. The van der Waals surface area contributed by atoms with E-state index in [9.17, 15) is 9.59 Å². The predicted molar refractivity (Wildman–Crippen MR) is 100.0 cm³/mol. The van der Waals surface area contributed by atoms with E-state index < -0.39 is 5.97 Å². The van der Waals surface area contributed by atoms with Gasteiger partial charge < -0.3 is 14.4 Å². The van der Waals surface area contributed by atoms with Gasteiger partial charge in [-0.15, -0.1) is 0 Å². The second-order valence-electron chi connectivity index (χ2n) is 6.69. The van der Waals surface area contributed by atoms with Crippen molar-refractivity contribution in [1.82, 2.24) is 14.7 Å². The third-order valence-electron chi connectivity index (χ3n) is 4.66. The van der Waals surface area contributed by atoms with Crippen LogP contribution in [0, 0.1) is 5.92 Å². The summed E-state index contributed by atoms with van der Waals surface area (Å²) in [7, 11) is 0. The van der Waals surface area contributed by atoms with Gasteiger partial charge in [-0.1, -0.05) is 25.1 Å². The number of rotatable bonds is 6. The van der Waals surface area contributed by atoms with E-state index in [0.29, 0.717) is 5.92 Å². The summed E-state index contributed by atoms with van der Waals surface area (Å²) in [5.41, 5.74) is 0.856. The summed E-state index contributed by atoms with van der Waals surface area (Å²) < 4.78 is 12.3. The van der Waals surface area contributed by atoms with Gasteiger partial charge in [0.25, 0.3) is 5.91 Å². The fourth-order valence-corrected chi connectivity index (χ4v) is 3.01. The van der Waals surface area contributed by atoms with Gasteiger partial charge in [0.1, 0.15) is 0 Å². The number of para-hydroxylation sites is 1. The number of hydrogen-bond acceptors (Lipinski definition) is 5. The summed E-state index contributed by atoms with van der Waals surface area (Å²) in [5, 5.41) is 4.29. The monoisotopic (exact) mass is 371 g/mol. The minimum Gasteiger partial charge on any atom is -0.480 e. The smallest absolute Gasteiger partial charge is 0.362 e. The molecule has 0 aliphatic carbocycles. The standard InChI is InChI=1S/C20H25N3O4/c1-3-26-20(25)19-17(13-23(21-19)16-7-5-4-6-8-16)27-14-18(24)22-11-9-15(2)10-12-22/h4-8,13,15H,3,9-12,14H2,1-2H3. The molecule has 2 aromatic rings. The Hall–Kier alpha value is -2.83. The van der Waals surface area contributed by atoms with Gasteiger partial charge in [-0.25, -0.2) is 9.48 Å². The molecule has 0 radical (unpaired) electrons. The van der Waals surface area contributed by atoms with Crippen molar-refractivity contribution in [3.05, 3.63) is 42.2 Å². The molecule has 3 rings (SSSR count). The van der Waals surface area contributed by atoms with E-state index in [4.69, 9.17) is 9.47 Å². The fraction of sp³-hybridized carbons (Fsp3) is 0.450. The molecule has 1 saturated heterocycles. The second kappa shape index (κ2) is 8.70. The number of carbonyl (C=O) groups excluding carboxylic acids is 2. The van der Waals surface area contributed by atoms with Crippen LogP contribution in [-0.2, 0) is 9.53 Å². The van der Waals surface area contributed by atoms with Gasteiger partial charge in [-0.05, 0) is 37.8 Å². The highest BCUT2D eigenvalue weighted by molar-refractivity contribution is 5.90. The van der Waals surface area contributed by atoms with Crippen molar-refractivity contribution in [2.24, 2.45) is 5.92 Å². The number of piperidine rings is 1. The Labute approximate surface area is 158 Å². The molecule has 27 heavy (non-hydrogen) atoms. The van der Waals surface area contributed by atoms with Crippen molar-refractivity contribution in [3.63, 3.8) is 0 Å². The molecule has 144 valence electrons. The zero-order chi connectivity index (χ0) is 19.2. The first kappa shape index (κ1) is 18.9. The van der Waals surface area contributed by atoms with Gasteiger partial charge in [-0.2, -0.15) is 5.10 Å². The second-order valence-corrected chi connectivity index (χ2v) is 6.69. The Balaban J connectivity index is 1.73. The SMILES string of the molecule is CCOC(=O)c1nn(-c2ccccc2)cc1OCC(=O)N1CCC(C)CC1. The molecule has 1 amide bonds. The number of hydrogen-bond donors (Lipinski definition) is 0. The highest BCUT2D eigenvalue weighted by Crippen LogP contribution is 2.22. The van der Waals surface area contributed by atoms with Gasteiger partial charge in [0.2, 0.25) is 5.69 Å². The maximum Gasteiger partial charge on any atom is 0.362 e. The maximum absolute atomic E-state index is 12.4. The number of amides is 1. The Morgan fingerprint density at radius 2 is 1.89 bits per heavy atom. The average Bonchev–Trinajstić information content (AvgIpc) is 3.12. The molecule has 7 nitrogen and oxygen atoms in total. The lowest BCUT2D eigenvalue weighted by Crippen LogP contribution is -2.40. The molecule has 0 saturated carbocycles. The van der Waals surface area contributed by atoms with E-state index in [0.717, 1.165) is 31.6 Å². The molecule has 1 fully saturated rings. The molecule has 0 atom stereocenters. The van der Waals surface area contributed by atoms with Crippen LogP contribution in [0.2, 0.25) is 0 Å². The molecule has 0 unspecified atom stereocenters. The van der Waals surface area contributed by atoms with Gasteiger partial charge in [0.05, 0.1) is 18.5 Å². The summed E-state index contributed by atoms with van der Waals surface area (Å²) in [6.07, 6.45) is 3.62. The Morgan fingerprint density at radius 1 is 1.19 bits per heavy atom. The number of likely N-dealkylation sites (tertiary alicyclic amines) is 1. The number of carbonyl (C=O) groups is 2. The quantitative estimate of drug-likeness (QED) is 0.730. The Morgan fingerprint density at radius 3 is 2.56 bits per heavy atom. The lowest BCUT2D eigenvalue weighted by Gasteiger charge is -2.30. The fourth-order valence-electron chi connectivity index (χ4n) is 3.01. The predicted octanol–water partition coefficient (Wildman–Crippen LogP) is 2.69. The molecular formula is C20H25N3O4.